The highest BCUT2D eigenvalue weighted by Gasteiger charge is 2.20. The van der Waals surface area contributed by atoms with E-state index in [9.17, 15) is 14.7 Å². The van der Waals surface area contributed by atoms with Crippen LogP contribution in [-0.4, -0.2) is 15.7 Å². The van der Waals surface area contributed by atoms with Crippen molar-refractivity contribution in [2.45, 2.75) is 14.7 Å². The Balaban J connectivity index is 2.34. The summed E-state index contributed by atoms with van der Waals surface area (Å²) in [5.41, 5.74) is 5.36. The molecule has 0 saturated heterocycles. The Bertz CT molecular complexity index is 632. The highest BCUT2D eigenvalue weighted by Crippen LogP contribution is 2.29. The van der Waals surface area contributed by atoms with Gasteiger partial charge in [-0.15, -0.1) is 11.8 Å². The lowest BCUT2D eigenvalue weighted by atomic mass is 10.3. The Kier molecular flexibility index (Phi) is 4.53. The molecule has 2 N–H and O–H groups in total. The van der Waals surface area contributed by atoms with Crippen LogP contribution >= 0.6 is 11.8 Å². The SMILES string of the molecule is CSc1ccc([S+]([O-])c2ccc(N)c([N+](=O)[O-])c2)cc1. The Morgan fingerprint density at radius 3 is 2.30 bits per heavy atom. The van der Waals surface area contributed by atoms with E-state index >= 15 is 0 Å². The van der Waals surface area contributed by atoms with E-state index < -0.39 is 16.1 Å². The number of nitrogens with two attached hydrogens (primary N) is 1. The van der Waals surface area contributed by atoms with Crippen molar-refractivity contribution in [1.82, 2.24) is 0 Å². The first-order chi connectivity index (χ1) is 9.52. The van der Waals surface area contributed by atoms with Gasteiger partial charge in [-0.3, -0.25) is 10.1 Å². The first-order valence-electron chi connectivity index (χ1n) is 5.62. The predicted molar refractivity (Wildman–Crippen MR) is 80.4 cm³/mol. The zero-order valence-corrected chi connectivity index (χ0v) is 12.2. The molecular formula is C13H12N2O3S2. The van der Waals surface area contributed by atoms with E-state index in [2.05, 4.69) is 0 Å². The van der Waals surface area contributed by atoms with E-state index in [1.807, 2.05) is 18.4 Å². The molecule has 0 aromatic heterocycles. The summed E-state index contributed by atoms with van der Waals surface area (Å²) in [4.78, 5) is 12.3. The van der Waals surface area contributed by atoms with E-state index in [1.54, 1.807) is 30.0 Å². The van der Waals surface area contributed by atoms with Crippen LogP contribution in [-0.2, 0) is 11.2 Å². The van der Waals surface area contributed by atoms with Gasteiger partial charge in [-0.05, 0) is 42.7 Å². The molecule has 0 aliphatic heterocycles. The molecule has 0 aliphatic rings. The number of thioether (sulfide) groups is 1. The first-order valence-corrected chi connectivity index (χ1v) is 8.00. The van der Waals surface area contributed by atoms with Crippen LogP contribution in [0.5, 0.6) is 0 Å². The van der Waals surface area contributed by atoms with Crippen LogP contribution in [0.15, 0.2) is 57.2 Å². The molecule has 1 unspecified atom stereocenters. The zero-order chi connectivity index (χ0) is 14.7. The van der Waals surface area contributed by atoms with Gasteiger partial charge < -0.3 is 10.3 Å². The number of nitro groups is 1. The molecule has 0 saturated carbocycles. The minimum Gasteiger partial charge on any atom is -0.606 e. The van der Waals surface area contributed by atoms with E-state index in [-0.39, 0.29) is 11.4 Å². The van der Waals surface area contributed by atoms with Gasteiger partial charge in [-0.2, -0.15) is 0 Å². The maximum atomic E-state index is 12.4. The molecule has 0 aliphatic carbocycles. The van der Waals surface area contributed by atoms with Crippen LogP contribution < -0.4 is 5.73 Å². The van der Waals surface area contributed by atoms with Crippen molar-refractivity contribution in [1.29, 1.82) is 0 Å². The Labute approximate surface area is 123 Å². The summed E-state index contributed by atoms with van der Waals surface area (Å²) >= 11 is 0.127. The summed E-state index contributed by atoms with van der Waals surface area (Å²) < 4.78 is 12.4. The number of nitro benzene ring substituents is 1. The Morgan fingerprint density at radius 1 is 1.15 bits per heavy atom. The fourth-order valence-corrected chi connectivity index (χ4v) is 3.11. The van der Waals surface area contributed by atoms with Gasteiger partial charge in [-0.1, -0.05) is 0 Å². The van der Waals surface area contributed by atoms with Crippen molar-refractivity contribution in [2.24, 2.45) is 0 Å². The molecule has 2 aromatic carbocycles. The highest BCUT2D eigenvalue weighted by molar-refractivity contribution is 7.98. The summed E-state index contributed by atoms with van der Waals surface area (Å²) in [6.07, 6.45) is 1.95. The van der Waals surface area contributed by atoms with Crippen molar-refractivity contribution < 1.29 is 9.48 Å². The summed E-state index contributed by atoms with van der Waals surface area (Å²) in [5.74, 6) is 0. The summed E-state index contributed by atoms with van der Waals surface area (Å²) in [5, 5.41) is 10.8. The van der Waals surface area contributed by atoms with Crippen LogP contribution in [0.25, 0.3) is 0 Å². The van der Waals surface area contributed by atoms with Crippen molar-refractivity contribution in [2.75, 3.05) is 12.0 Å². The van der Waals surface area contributed by atoms with Crippen LogP contribution in [0.3, 0.4) is 0 Å². The number of benzene rings is 2. The third-order valence-electron chi connectivity index (χ3n) is 2.69. The largest absolute Gasteiger partial charge is 0.606 e. The molecule has 0 spiro atoms. The second-order valence-electron chi connectivity index (χ2n) is 3.92. The highest BCUT2D eigenvalue weighted by atomic mass is 32.2. The van der Waals surface area contributed by atoms with Crippen LogP contribution in [0, 0.1) is 10.1 Å². The van der Waals surface area contributed by atoms with E-state index in [4.69, 9.17) is 5.73 Å². The molecule has 0 radical (unpaired) electrons. The van der Waals surface area contributed by atoms with E-state index in [1.165, 1.54) is 12.1 Å². The molecular weight excluding hydrogens is 296 g/mol. The Morgan fingerprint density at radius 2 is 1.75 bits per heavy atom. The van der Waals surface area contributed by atoms with Gasteiger partial charge >= 0.3 is 0 Å². The van der Waals surface area contributed by atoms with Gasteiger partial charge in [0.2, 0.25) is 0 Å². The lowest BCUT2D eigenvalue weighted by Gasteiger charge is -2.10. The monoisotopic (exact) mass is 308 g/mol. The van der Waals surface area contributed by atoms with E-state index in [0.29, 0.717) is 9.79 Å². The maximum Gasteiger partial charge on any atom is 0.297 e. The normalized spacial score (nSPS) is 12.1. The van der Waals surface area contributed by atoms with Gasteiger partial charge in [0.25, 0.3) is 5.69 Å². The molecule has 0 amide bonds. The number of nitrogen functional groups attached to an aromatic ring is 1. The quantitative estimate of drug-likeness (QED) is 0.308. The lowest BCUT2D eigenvalue weighted by molar-refractivity contribution is -0.384. The molecule has 7 heteroatoms. The second-order valence-corrected chi connectivity index (χ2v) is 6.28. The third-order valence-corrected chi connectivity index (χ3v) is 4.81. The average molecular weight is 308 g/mol. The molecule has 0 fully saturated rings. The number of rotatable bonds is 4. The molecule has 1 atom stereocenters. The fourth-order valence-electron chi connectivity index (χ4n) is 1.63. The fraction of sp³-hybridized carbons (Fsp3) is 0.0769. The molecule has 2 rings (SSSR count). The maximum absolute atomic E-state index is 12.4. The molecule has 2 aromatic rings. The standard InChI is InChI=1S/C13H12N2O3S2/c1-19-9-2-4-10(5-3-9)20(18)11-6-7-12(14)13(8-11)15(16)17/h2-8H,14H2,1H3. The number of hydrogen-bond acceptors (Lipinski definition) is 5. The summed E-state index contributed by atoms with van der Waals surface area (Å²) in [7, 11) is 0. The van der Waals surface area contributed by atoms with Gasteiger partial charge in [0.05, 0.1) is 11.0 Å². The minimum atomic E-state index is -1.46. The number of anilines is 1. The number of nitrogens with zero attached hydrogens (tertiary/aromatic N) is 1. The lowest BCUT2D eigenvalue weighted by Crippen LogP contribution is -2.04. The average Bonchev–Trinajstić information content (AvgIpc) is 2.47. The van der Waals surface area contributed by atoms with Gasteiger partial charge in [0, 0.05) is 16.1 Å². The second kappa shape index (κ2) is 6.17. The zero-order valence-electron chi connectivity index (χ0n) is 10.6. The van der Waals surface area contributed by atoms with Crippen LogP contribution in [0.1, 0.15) is 0 Å². The smallest absolute Gasteiger partial charge is 0.297 e. The molecule has 20 heavy (non-hydrogen) atoms. The summed E-state index contributed by atoms with van der Waals surface area (Å²) in [6, 6.07) is 11.4. The number of hydrogen-bond donors (Lipinski definition) is 1. The minimum absolute atomic E-state index is 0.0634. The topological polar surface area (TPSA) is 92.2 Å². The van der Waals surface area contributed by atoms with Crippen LogP contribution in [0.4, 0.5) is 11.4 Å². The van der Waals surface area contributed by atoms with Crippen molar-refractivity contribution in [3.63, 3.8) is 0 Å². The van der Waals surface area contributed by atoms with Gasteiger partial charge in [0.1, 0.15) is 5.69 Å². The molecule has 0 heterocycles. The third kappa shape index (κ3) is 3.06. The molecule has 104 valence electrons. The van der Waals surface area contributed by atoms with Gasteiger partial charge in [0.15, 0.2) is 9.79 Å². The summed E-state index contributed by atoms with van der Waals surface area (Å²) in [6.45, 7) is 0. The van der Waals surface area contributed by atoms with Crippen molar-refractivity contribution in [3.8, 4) is 0 Å². The van der Waals surface area contributed by atoms with Crippen LogP contribution in [0.2, 0.25) is 0 Å². The van der Waals surface area contributed by atoms with Crippen molar-refractivity contribution >= 4 is 34.3 Å². The predicted octanol–water partition coefficient (Wildman–Crippen LogP) is 3.07. The first kappa shape index (κ1) is 14.7. The molecule has 5 nitrogen and oxygen atoms in total. The van der Waals surface area contributed by atoms with E-state index in [0.717, 1.165) is 4.90 Å². The van der Waals surface area contributed by atoms with Crippen molar-refractivity contribution in [3.05, 3.63) is 52.6 Å². The Hall–Kier alpha value is -1.70. The van der Waals surface area contributed by atoms with Gasteiger partial charge in [-0.25, -0.2) is 0 Å². The molecule has 0 bridgehead atoms.